The Morgan fingerprint density at radius 3 is 2.28 bits per heavy atom. The van der Waals surface area contributed by atoms with Gasteiger partial charge in [-0.05, 0) is 48.4 Å². The molecule has 0 aliphatic heterocycles. The molecule has 0 aliphatic carbocycles. The molecule has 0 fully saturated rings. The average Bonchev–Trinajstić information content (AvgIpc) is 2.60. The second kappa shape index (κ2) is 8.47. The first-order valence-corrected chi connectivity index (χ1v) is 9.38. The smallest absolute Gasteiger partial charge is 0.248 e. The Balaban J connectivity index is 1.97. The molecule has 0 spiro atoms. The normalized spacial score (nSPS) is 10.8. The van der Waals surface area contributed by atoms with E-state index in [0.29, 0.717) is 11.1 Å². The van der Waals surface area contributed by atoms with Crippen molar-refractivity contribution in [3.8, 4) is 11.8 Å². The summed E-state index contributed by atoms with van der Waals surface area (Å²) in [4.78, 5) is 11.2. The van der Waals surface area contributed by atoms with Gasteiger partial charge in [0.2, 0.25) is 15.9 Å². The van der Waals surface area contributed by atoms with Crippen molar-refractivity contribution in [3.05, 3.63) is 65.2 Å². The van der Waals surface area contributed by atoms with E-state index < -0.39 is 15.9 Å². The minimum absolute atomic E-state index is 0.00336. The summed E-state index contributed by atoms with van der Waals surface area (Å²) in [6.45, 7) is 2.07. The summed E-state index contributed by atoms with van der Waals surface area (Å²) in [6.07, 6.45) is 1.94. The van der Waals surface area contributed by atoms with Gasteiger partial charge in [-0.1, -0.05) is 37.3 Å². The fourth-order valence-electron chi connectivity index (χ4n) is 2.20. The third-order valence-corrected chi connectivity index (χ3v) is 4.94. The molecule has 0 atom stereocenters. The number of carbonyl (C=O) groups is 1. The van der Waals surface area contributed by atoms with Gasteiger partial charge in [-0.3, -0.25) is 4.79 Å². The molecular formula is C19H20N2O3S. The molecule has 6 heteroatoms. The summed E-state index contributed by atoms with van der Waals surface area (Å²) in [6, 6.07) is 13.3. The maximum atomic E-state index is 12.2. The Labute approximate surface area is 148 Å². The van der Waals surface area contributed by atoms with Crippen molar-refractivity contribution in [3.63, 3.8) is 0 Å². The second-order valence-electron chi connectivity index (χ2n) is 5.46. The first-order chi connectivity index (χ1) is 11.9. The van der Waals surface area contributed by atoms with Crippen LogP contribution < -0.4 is 10.5 Å². The number of rotatable bonds is 6. The van der Waals surface area contributed by atoms with Crippen molar-refractivity contribution in [2.45, 2.75) is 24.7 Å². The number of sulfonamides is 1. The van der Waals surface area contributed by atoms with Gasteiger partial charge < -0.3 is 5.73 Å². The first kappa shape index (κ1) is 18.7. The molecule has 1 amide bonds. The molecule has 3 N–H and O–H groups in total. The fourth-order valence-corrected chi connectivity index (χ4v) is 3.13. The predicted molar refractivity (Wildman–Crippen MR) is 97.5 cm³/mol. The summed E-state index contributed by atoms with van der Waals surface area (Å²) in [5.74, 6) is 5.08. The standard InChI is InChI=1S/C19H20N2O3S/c1-2-4-15-8-12-18(13-9-15)25(23,24)21-14-3-5-16-6-10-17(11-7-16)19(20)22/h6-13,21H,2,4,14H2,1H3,(H2,20,22). The zero-order valence-electron chi connectivity index (χ0n) is 14.0. The highest BCUT2D eigenvalue weighted by Crippen LogP contribution is 2.11. The van der Waals surface area contributed by atoms with Gasteiger partial charge in [-0.25, -0.2) is 8.42 Å². The predicted octanol–water partition coefficient (Wildman–Crippen LogP) is 2.07. The van der Waals surface area contributed by atoms with E-state index in [1.165, 1.54) is 0 Å². The molecule has 0 bridgehead atoms. The van der Waals surface area contributed by atoms with Gasteiger partial charge in [0, 0.05) is 11.1 Å². The van der Waals surface area contributed by atoms with Crippen LogP contribution >= 0.6 is 0 Å². The van der Waals surface area contributed by atoms with Crippen LogP contribution in [0.5, 0.6) is 0 Å². The Morgan fingerprint density at radius 2 is 1.72 bits per heavy atom. The van der Waals surface area contributed by atoms with Crippen molar-refractivity contribution < 1.29 is 13.2 Å². The lowest BCUT2D eigenvalue weighted by Gasteiger charge is -2.05. The molecule has 5 nitrogen and oxygen atoms in total. The Morgan fingerprint density at radius 1 is 1.08 bits per heavy atom. The number of amides is 1. The van der Waals surface area contributed by atoms with Crippen molar-refractivity contribution >= 4 is 15.9 Å². The highest BCUT2D eigenvalue weighted by atomic mass is 32.2. The molecule has 2 rings (SSSR count). The molecule has 0 heterocycles. The van der Waals surface area contributed by atoms with Crippen LogP contribution in [-0.2, 0) is 16.4 Å². The van der Waals surface area contributed by atoms with Crippen LogP contribution in [-0.4, -0.2) is 20.9 Å². The summed E-state index contributed by atoms with van der Waals surface area (Å²) in [5.41, 5.74) is 7.35. The quantitative estimate of drug-likeness (QED) is 0.777. The van der Waals surface area contributed by atoms with E-state index in [2.05, 4.69) is 23.5 Å². The zero-order valence-corrected chi connectivity index (χ0v) is 14.8. The van der Waals surface area contributed by atoms with E-state index in [1.54, 1.807) is 36.4 Å². The molecular weight excluding hydrogens is 336 g/mol. The van der Waals surface area contributed by atoms with Crippen molar-refractivity contribution in [2.75, 3.05) is 6.54 Å². The van der Waals surface area contributed by atoms with E-state index in [4.69, 9.17) is 5.73 Å². The van der Waals surface area contributed by atoms with E-state index in [1.807, 2.05) is 12.1 Å². The summed E-state index contributed by atoms with van der Waals surface area (Å²) in [5, 5.41) is 0. The number of benzene rings is 2. The second-order valence-corrected chi connectivity index (χ2v) is 7.23. The number of nitrogens with one attached hydrogen (secondary N) is 1. The number of nitrogens with two attached hydrogens (primary N) is 1. The minimum atomic E-state index is -3.58. The molecule has 0 aromatic heterocycles. The van der Waals surface area contributed by atoms with Gasteiger partial charge in [0.15, 0.2) is 0 Å². The number of hydrogen-bond acceptors (Lipinski definition) is 3. The zero-order chi connectivity index (χ0) is 18.3. The van der Waals surface area contributed by atoms with Crippen LogP contribution in [0.25, 0.3) is 0 Å². The number of carbonyl (C=O) groups excluding carboxylic acids is 1. The number of hydrogen-bond donors (Lipinski definition) is 2. The van der Waals surface area contributed by atoms with E-state index in [9.17, 15) is 13.2 Å². The van der Waals surface area contributed by atoms with Gasteiger partial charge in [0.05, 0.1) is 11.4 Å². The highest BCUT2D eigenvalue weighted by molar-refractivity contribution is 7.89. The Hall–Kier alpha value is -2.62. The lowest BCUT2D eigenvalue weighted by molar-refractivity contribution is 0.100. The molecule has 0 aliphatic rings. The van der Waals surface area contributed by atoms with E-state index >= 15 is 0 Å². The van der Waals surface area contributed by atoms with Crippen LogP contribution in [0.1, 0.15) is 34.8 Å². The third-order valence-electron chi connectivity index (χ3n) is 3.53. The Kier molecular flexibility index (Phi) is 6.34. The molecule has 2 aromatic rings. The van der Waals surface area contributed by atoms with Gasteiger partial charge in [0.1, 0.15) is 0 Å². The largest absolute Gasteiger partial charge is 0.366 e. The van der Waals surface area contributed by atoms with Crippen molar-refractivity contribution in [1.82, 2.24) is 4.72 Å². The molecule has 0 saturated carbocycles. The third kappa shape index (κ3) is 5.45. The van der Waals surface area contributed by atoms with E-state index in [-0.39, 0.29) is 11.4 Å². The van der Waals surface area contributed by atoms with Crippen LogP contribution in [0.3, 0.4) is 0 Å². The fraction of sp³-hybridized carbons (Fsp3) is 0.211. The van der Waals surface area contributed by atoms with Crippen LogP contribution in [0.4, 0.5) is 0 Å². The van der Waals surface area contributed by atoms with Gasteiger partial charge in [-0.2, -0.15) is 4.72 Å². The number of primary amides is 1. The van der Waals surface area contributed by atoms with Gasteiger partial charge in [-0.15, -0.1) is 0 Å². The molecule has 0 radical (unpaired) electrons. The van der Waals surface area contributed by atoms with Crippen LogP contribution in [0.2, 0.25) is 0 Å². The van der Waals surface area contributed by atoms with Gasteiger partial charge >= 0.3 is 0 Å². The molecule has 2 aromatic carbocycles. The maximum Gasteiger partial charge on any atom is 0.248 e. The number of aryl methyl sites for hydroxylation is 1. The summed E-state index contributed by atoms with van der Waals surface area (Å²) < 4.78 is 26.9. The molecule has 130 valence electrons. The highest BCUT2D eigenvalue weighted by Gasteiger charge is 2.12. The van der Waals surface area contributed by atoms with Crippen molar-refractivity contribution in [2.24, 2.45) is 5.73 Å². The van der Waals surface area contributed by atoms with Gasteiger partial charge in [0.25, 0.3) is 0 Å². The average molecular weight is 356 g/mol. The molecule has 25 heavy (non-hydrogen) atoms. The summed E-state index contributed by atoms with van der Waals surface area (Å²) >= 11 is 0. The topological polar surface area (TPSA) is 89.3 Å². The molecule has 0 saturated heterocycles. The first-order valence-electron chi connectivity index (χ1n) is 7.89. The lowest BCUT2D eigenvalue weighted by Crippen LogP contribution is -2.24. The van der Waals surface area contributed by atoms with Crippen molar-refractivity contribution in [1.29, 1.82) is 0 Å². The molecule has 0 unspecified atom stereocenters. The summed E-state index contributed by atoms with van der Waals surface area (Å²) in [7, 11) is -3.58. The van der Waals surface area contributed by atoms with E-state index in [0.717, 1.165) is 18.4 Å². The van der Waals surface area contributed by atoms with Crippen LogP contribution in [0.15, 0.2) is 53.4 Å². The SMILES string of the molecule is CCCc1ccc(S(=O)(=O)NCC#Cc2ccc(C(N)=O)cc2)cc1. The Bertz CT molecular complexity index is 890. The maximum absolute atomic E-state index is 12.2. The van der Waals surface area contributed by atoms with Crippen LogP contribution in [0, 0.1) is 11.8 Å². The lowest BCUT2D eigenvalue weighted by atomic mass is 10.1. The minimum Gasteiger partial charge on any atom is -0.366 e. The monoisotopic (exact) mass is 356 g/mol.